The van der Waals surface area contributed by atoms with E-state index in [-0.39, 0.29) is 11.9 Å². The molecule has 2 rings (SSSR count). The van der Waals surface area contributed by atoms with E-state index in [4.69, 9.17) is 9.15 Å². The normalized spacial score (nSPS) is 12.2. The number of furan rings is 1. The van der Waals surface area contributed by atoms with Crippen molar-refractivity contribution in [2.75, 3.05) is 27.2 Å². The zero-order valence-corrected chi connectivity index (χ0v) is 13.9. The quantitative estimate of drug-likeness (QED) is 0.813. The first-order valence-electron chi connectivity index (χ1n) is 7.83. The molecular formula is C18H24N2O3. The molecule has 0 aliphatic heterocycles. The van der Waals surface area contributed by atoms with E-state index in [2.05, 4.69) is 5.32 Å². The van der Waals surface area contributed by atoms with Gasteiger partial charge in [0.2, 0.25) is 0 Å². The Balaban J connectivity index is 2.04. The number of hydrogen-bond donors (Lipinski definition) is 1. The van der Waals surface area contributed by atoms with E-state index in [1.165, 1.54) is 0 Å². The second kappa shape index (κ2) is 8.39. The molecule has 1 aromatic heterocycles. The van der Waals surface area contributed by atoms with Crippen molar-refractivity contribution in [1.82, 2.24) is 10.2 Å². The molecule has 1 amide bonds. The van der Waals surface area contributed by atoms with Gasteiger partial charge in [0.05, 0.1) is 24.5 Å². The third-order valence-corrected chi connectivity index (χ3v) is 3.54. The van der Waals surface area contributed by atoms with Gasteiger partial charge in [-0.3, -0.25) is 9.69 Å². The largest absolute Gasteiger partial charge is 0.493 e. The van der Waals surface area contributed by atoms with E-state index < -0.39 is 0 Å². The van der Waals surface area contributed by atoms with Crippen molar-refractivity contribution in [1.29, 1.82) is 0 Å². The van der Waals surface area contributed by atoms with E-state index in [0.29, 0.717) is 24.5 Å². The minimum absolute atomic E-state index is 0.0160. The lowest BCUT2D eigenvalue weighted by molar-refractivity contribution is 0.0935. The highest BCUT2D eigenvalue weighted by Crippen LogP contribution is 2.20. The van der Waals surface area contributed by atoms with Crippen molar-refractivity contribution in [3.8, 4) is 5.75 Å². The Bertz CT molecular complexity index is 608. The minimum atomic E-state index is -0.143. The molecule has 1 N–H and O–H groups in total. The summed E-state index contributed by atoms with van der Waals surface area (Å²) in [5.74, 6) is 1.30. The Morgan fingerprint density at radius 3 is 2.70 bits per heavy atom. The van der Waals surface area contributed by atoms with Gasteiger partial charge in [0, 0.05) is 6.54 Å². The molecule has 124 valence electrons. The van der Waals surface area contributed by atoms with Crippen LogP contribution in [0.25, 0.3) is 0 Å². The molecule has 0 aliphatic rings. The fraction of sp³-hybridized carbons (Fsp3) is 0.389. The molecule has 0 saturated heterocycles. The number of nitrogens with one attached hydrogen (secondary N) is 1. The molecule has 5 nitrogen and oxygen atoms in total. The number of ether oxygens (including phenoxy) is 1. The Hall–Kier alpha value is -2.27. The number of benzene rings is 1. The molecule has 1 aromatic carbocycles. The summed E-state index contributed by atoms with van der Waals surface area (Å²) in [5, 5.41) is 2.96. The third-order valence-electron chi connectivity index (χ3n) is 3.54. The monoisotopic (exact) mass is 316 g/mol. The first-order chi connectivity index (χ1) is 11.1. The van der Waals surface area contributed by atoms with Crippen LogP contribution in [0, 0.1) is 0 Å². The summed E-state index contributed by atoms with van der Waals surface area (Å²) >= 11 is 0. The number of hydrogen-bond acceptors (Lipinski definition) is 4. The Morgan fingerprint density at radius 2 is 2.04 bits per heavy atom. The van der Waals surface area contributed by atoms with E-state index in [1.54, 1.807) is 12.3 Å². The van der Waals surface area contributed by atoms with Gasteiger partial charge < -0.3 is 14.5 Å². The topological polar surface area (TPSA) is 54.7 Å². The molecule has 0 fully saturated rings. The molecular weight excluding hydrogens is 292 g/mol. The number of para-hydroxylation sites is 1. The number of amides is 1. The van der Waals surface area contributed by atoms with Gasteiger partial charge in [0.25, 0.3) is 5.91 Å². The van der Waals surface area contributed by atoms with E-state index in [9.17, 15) is 4.79 Å². The van der Waals surface area contributed by atoms with Crippen molar-refractivity contribution in [2.24, 2.45) is 0 Å². The van der Waals surface area contributed by atoms with Gasteiger partial charge >= 0.3 is 0 Å². The zero-order chi connectivity index (χ0) is 16.7. The molecule has 5 heteroatoms. The summed E-state index contributed by atoms with van der Waals surface area (Å²) in [6.45, 7) is 3.09. The predicted octanol–water partition coefficient (Wildman–Crippen LogP) is 3.10. The van der Waals surface area contributed by atoms with Gasteiger partial charge in [-0.05, 0) is 44.8 Å². The predicted molar refractivity (Wildman–Crippen MR) is 89.7 cm³/mol. The second-order valence-corrected chi connectivity index (χ2v) is 5.55. The van der Waals surface area contributed by atoms with E-state index in [1.807, 2.05) is 56.3 Å². The lowest BCUT2D eigenvalue weighted by Crippen LogP contribution is -2.34. The maximum atomic E-state index is 12.5. The summed E-state index contributed by atoms with van der Waals surface area (Å²) in [4.78, 5) is 14.5. The Morgan fingerprint density at radius 1 is 1.26 bits per heavy atom. The van der Waals surface area contributed by atoms with Crippen LogP contribution in [0.4, 0.5) is 0 Å². The number of nitrogens with zero attached hydrogens (tertiary/aromatic N) is 1. The molecule has 0 aliphatic carbocycles. The number of rotatable bonds is 8. The van der Waals surface area contributed by atoms with Crippen molar-refractivity contribution in [2.45, 2.75) is 19.4 Å². The molecule has 0 saturated carbocycles. The zero-order valence-electron chi connectivity index (χ0n) is 13.9. The van der Waals surface area contributed by atoms with Gasteiger partial charge in [0.1, 0.15) is 11.5 Å². The van der Waals surface area contributed by atoms with E-state index >= 15 is 0 Å². The maximum Gasteiger partial charge on any atom is 0.255 e. The highest BCUT2D eigenvalue weighted by molar-refractivity contribution is 5.96. The average Bonchev–Trinajstić information content (AvgIpc) is 3.07. The van der Waals surface area contributed by atoms with Gasteiger partial charge in [0.15, 0.2) is 0 Å². The SMILES string of the molecule is CCCOc1ccccc1C(=O)NC[C@H](c1ccco1)N(C)C. The van der Waals surface area contributed by atoms with Crippen LogP contribution in [-0.4, -0.2) is 38.1 Å². The van der Waals surface area contributed by atoms with Gasteiger partial charge in [-0.1, -0.05) is 19.1 Å². The smallest absolute Gasteiger partial charge is 0.255 e. The standard InChI is InChI=1S/C18H24N2O3/c1-4-11-22-16-9-6-5-8-14(16)18(21)19-13-15(20(2)3)17-10-7-12-23-17/h5-10,12,15H,4,11,13H2,1-3H3,(H,19,21)/t15-/m1/s1. The molecule has 0 radical (unpaired) electrons. The van der Waals surface area contributed by atoms with Crippen LogP contribution in [0.5, 0.6) is 5.75 Å². The fourth-order valence-electron chi connectivity index (χ4n) is 2.30. The van der Waals surface area contributed by atoms with Gasteiger partial charge in [-0.25, -0.2) is 0 Å². The minimum Gasteiger partial charge on any atom is -0.493 e. The molecule has 0 unspecified atom stereocenters. The summed E-state index contributed by atoms with van der Waals surface area (Å²) in [7, 11) is 3.91. The van der Waals surface area contributed by atoms with Gasteiger partial charge in [-0.2, -0.15) is 0 Å². The van der Waals surface area contributed by atoms with Crippen molar-refractivity contribution < 1.29 is 13.9 Å². The van der Waals surface area contributed by atoms with Crippen LogP contribution < -0.4 is 10.1 Å². The number of carbonyl (C=O) groups excluding carboxylic acids is 1. The number of carbonyl (C=O) groups is 1. The molecule has 0 spiro atoms. The van der Waals surface area contributed by atoms with Crippen molar-refractivity contribution in [3.05, 3.63) is 54.0 Å². The summed E-state index contributed by atoms with van der Waals surface area (Å²) in [5.41, 5.74) is 0.554. The maximum absolute atomic E-state index is 12.5. The molecule has 2 aromatic rings. The average molecular weight is 316 g/mol. The van der Waals surface area contributed by atoms with Crippen LogP contribution in [0.15, 0.2) is 47.1 Å². The second-order valence-electron chi connectivity index (χ2n) is 5.55. The molecule has 1 atom stereocenters. The summed E-state index contributed by atoms with van der Waals surface area (Å²) in [6.07, 6.45) is 2.54. The van der Waals surface area contributed by atoms with Crippen LogP contribution in [0.3, 0.4) is 0 Å². The third kappa shape index (κ3) is 4.60. The first-order valence-corrected chi connectivity index (χ1v) is 7.83. The van der Waals surface area contributed by atoms with Crippen LogP contribution in [0.1, 0.15) is 35.5 Å². The molecule has 0 bridgehead atoms. The van der Waals surface area contributed by atoms with Crippen LogP contribution in [-0.2, 0) is 0 Å². The first kappa shape index (κ1) is 17.1. The summed E-state index contributed by atoms with van der Waals surface area (Å²) < 4.78 is 11.1. The lowest BCUT2D eigenvalue weighted by atomic mass is 10.1. The molecule has 23 heavy (non-hydrogen) atoms. The van der Waals surface area contributed by atoms with Gasteiger partial charge in [-0.15, -0.1) is 0 Å². The van der Waals surface area contributed by atoms with Crippen LogP contribution >= 0.6 is 0 Å². The van der Waals surface area contributed by atoms with Crippen LogP contribution in [0.2, 0.25) is 0 Å². The Labute approximate surface area is 137 Å². The highest BCUT2D eigenvalue weighted by atomic mass is 16.5. The lowest BCUT2D eigenvalue weighted by Gasteiger charge is -2.22. The Kier molecular flexibility index (Phi) is 6.23. The highest BCUT2D eigenvalue weighted by Gasteiger charge is 2.19. The van der Waals surface area contributed by atoms with E-state index in [0.717, 1.165) is 12.2 Å². The summed E-state index contributed by atoms with van der Waals surface area (Å²) in [6, 6.07) is 11.0. The van der Waals surface area contributed by atoms with Crippen molar-refractivity contribution >= 4 is 5.91 Å². The molecule has 1 heterocycles. The van der Waals surface area contributed by atoms with Crippen molar-refractivity contribution in [3.63, 3.8) is 0 Å². The number of likely N-dealkylation sites (N-methyl/N-ethyl adjacent to an activating group) is 1. The fourth-order valence-corrected chi connectivity index (χ4v) is 2.30.